The number of benzene rings is 2. The molecule has 1 heterocycles. The molecule has 0 bridgehead atoms. The van der Waals surface area contributed by atoms with Gasteiger partial charge in [0, 0.05) is 18.5 Å². The van der Waals surface area contributed by atoms with Gasteiger partial charge in [-0.15, -0.1) is 0 Å². The number of phenols is 1. The van der Waals surface area contributed by atoms with E-state index in [4.69, 9.17) is 12.2 Å². The summed E-state index contributed by atoms with van der Waals surface area (Å²) in [5.74, 6) is -1.61. The fourth-order valence-corrected chi connectivity index (χ4v) is 4.26. The number of nitrogens with one attached hydrogen (secondary N) is 2. The molecule has 0 unspecified atom stereocenters. The van der Waals surface area contributed by atoms with E-state index in [0.29, 0.717) is 21.2 Å². The second kappa shape index (κ2) is 11.4. The molecule has 2 aromatic carbocycles. The van der Waals surface area contributed by atoms with Gasteiger partial charge in [-0.05, 0) is 54.5 Å². The van der Waals surface area contributed by atoms with Gasteiger partial charge in [-0.2, -0.15) is 0 Å². The molecule has 0 saturated carbocycles. The monoisotopic (exact) mass is 499 g/mol. The number of nitrogens with zero attached hydrogens (tertiary/aromatic N) is 1. The molecule has 11 heteroatoms. The number of hydrogen-bond acceptors (Lipinski definition) is 8. The highest BCUT2D eigenvalue weighted by atomic mass is 32.2. The molecule has 1 aliphatic rings. The summed E-state index contributed by atoms with van der Waals surface area (Å²) in [6.07, 6.45) is 2.10. The average Bonchev–Trinajstić information content (AvgIpc) is 3.10. The maximum Gasteiger partial charge on any atom is 0.337 e. The van der Waals surface area contributed by atoms with E-state index < -0.39 is 17.8 Å². The van der Waals surface area contributed by atoms with Crippen molar-refractivity contribution >= 4 is 58.1 Å². The number of carbonyl (C=O) groups excluding carboxylic acids is 4. The number of thiocarbonyl (C=S) groups is 1. The number of phenolic OH excluding ortho intramolecular Hbond substituents is 1. The number of carbonyl (C=O) groups is 4. The molecule has 3 rings (SSSR count). The highest BCUT2D eigenvalue weighted by Gasteiger charge is 2.31. The molecule has 1 saturated heterocycles. The van der Waals surface area contributed by atoms with Gasteiger partial charge in [0.2, 0.25) is 5.91 Å². The lowest BCUT2D eigenvalue weighted by molar-refractivity contribution is -0.124. The van der Waals surface area contributed by atoms with Gasteiger partial charge in [-0.1, -0.05) is 36.1 Å². The van der Waals surface area contributed by atoms with E-state index in [9.17, 15) is 24.3 Å². The van der Waals surface area contributed by atoms with Gasteiger partial charge in [-0.3, -0.25) is 30.1 Å². The molecule has 3 N–H and O–H groups in total. The van der Waals surface area contributed by atoms with Crippen LogP contribution in [0.25, 0.3) is 6.08 Å². The molecular weight excluding hydrogens is 478 g/mol. The molecule has 1 aliphatic heterocycles. The summed E-state index contributed by atoms with van der Waals surface area (Å²) in [5.41, 5.74) is 6.03. The maximum atomic E-state index is 12.7. The van der Waals surface area contributed by atoms with Gasteiger partial charge in [0.25, 0.3) is 11.8 Å². The van der Waals surface area contributed by atoms with Crippen molar-refractivity contribution in [3.63, 3.8) is 0 Å². The number of aromatic hydroxyl groups is 1. The third kappa shape index (κ3) is 6.42. The first-order chi connectivity index (χ1) is 16.3. The van der Waals surface area contributed by atoms with Crippen LogP contribution >= 0.6 is 24.0 Å². The molecule has 1 fully saturated rings. The standard InChI is InChI=1S/C23H21N3O6S2/c1-32-22(31)16-6-4-14(5-7-16)13-18-21(30)26(23(33)34-18)12-2-3-19(28)24-25-20(29)15-8-10-17(27)11-9-15/h4-11,13,27H,2-3,12H2,1H3,(H,24,28)(H,25,29)/b18-13-. The molecule has 0 aliphatic carbocycles. The van der Waals surface area contributed by atoms with Crippen molar-refractivity contribution in [1.29, 1.82) is 0 Å². The number of hydrazine groups is 1. The van der Waals surface area contributed by atoms with Crippen LogP contribution in [0.2, 0.25) is 0 Å². The molecule has 34 heavy (non-hydrogen) atoms. The summed E-state index contributed by atoms with van der Waals surface area (Å²) in [7, 11) is 1.30. The molecule has 0 radical (unpaired) electrons. The fourth-order valence-electron chi connectivity index (χ4n) is 2.95. The minimum atomic E-state index is -0.518. The Labute approximate surface area is 205 Å². The van der Waals surface area contributed by atoms with Gasteiger partial charge >= 0.3 is 5.97 Å². The van der Waals surface area contributed by atoms with E-state index in [1.807, 2.05) is 0 Å². The number of amides is 3. The number of methoxy groups -OCH3 is 1. The smallest absolute Gasteiger partial charge is 0.337 e. The van der Waals surface area contributed by atoms with Crippen LogP contribution in [0.3, 0.4) is 0 Å². The lowest BCUT2D eigenvalue weighted by Gasteiger charge is -2.14. The third-order valence-electron chi connectivity index (χ3n) is 4.73. The van der Waals surface area contributed by atoms with Crippen molar-refractivity contribution < 1.29 is 29.0 Å². The highest BCUT2D eigenvalue weighted by Crippen LogP contribution is 2.32. The second-order valence-electron chi connectivity index (χ2n) is 7.10. The van der Waals surface area contributed by atoms with Crippen molar-refractivity contribution in [1.82, 2.24) is 15.8 Å². The second-order valence-corrected chi connectivity index (χ2v) is 8.78. The Morgan fingerprint density at radius 3 is 2.35 bits per heavy atom. The predicted octanol–water partition coefficient (Wildman–Crippen LogP) is 2.62. The minimum Gasteiger partial charge on any atom is -0.508 e. The summed E-state index contributed by atoms with van der Waals surface area (Å²) in [5, 5.41) is 9.25. The molecule has 2 aromatic rings. The van der Waals surface area contributed by atoms with Crippen LogP contribution in [0.15, 0.2) is 53.4 Å². The van der Waals surface area contributed by atoms with E-state index in [1.165, 1.54) is 48.0 Å². The Morgan fingerprint density at radius 2 is 1.71 bits per heavy atom. The van der Waals surface area contributed by atoms with Crippen LogP contribution in [0, 0.1) is 0 Å². The summed E-state index contributed by atoms with van der Waals surface area (Å²) >= 11 is 6.47. The highest BCUT2D eigenvalue weighted by molar-refractivity contribution is 8.26. The van der Waals surface area contributed by atoms with Crippen LogP contribution in [0.5, 0.6) is 5.75 Å². The van der Waals surface area contributed by atoms with Crippen LogP contribution in [0.1, 0.15) is 39.1 Å². The molecule has 0 aromatic heterocycles. The van der Waals surface area contributed by atoms with E-state index in [2.05, 4.69) is 15.6 Å². The summed E-state index contributed by atoms with van der Waals surface area (Å²) < 4.78 is 5.06. The Kier molecular flexibility index (Phi) is 8.39. The topological polar surface area (TPSA) is 125 Å². The number of thioether (sulfide) groups is 1. The van der Waals surface area contributed by atoms with E-state index >= 15 is 0 Å². The van der Waals surface area contributed by atoms with Crippen LogP contribution in [-0.2, 0) is 14.3 Å². The maximum absolute atomic E-state index is 12.7. The molecule has 9 nitrogen and oxygen atoms in total. The largest absolute Gasteiger partial charge is 0.508 e. The Bertz CT molecular complexity index is 1150. The zero-order valence-corrected chi connectivity index (χ0v) is 19.7. The van der Waals surface area contributed by atoms with Crippen molar-refractivity contribution in [2.45, 2.75) is 12.8 Å². The normalized spacial score (nSPS) is 14.3. The van der Waals surface area contributed by atoms with Crippen LogP contribution in [0.4, 0.5) is 0 Å². The van der Waals surface area contributed by atoms with Crippen molar-refractivity contribution in [2.24, 2.45) is 0 Å². The number of esters is 1. The third-order valence-corrected chi connectivity index (χ3v) is 6.11. The SMILES string of the molecule is COC(=O)c1ccc(/C=C2\SC(=S)N(CCCC(=O)NNC(=O)c3ccc(O)cc3)C2=O)cc1. The van der Waals surface area contributed by atoms with Gasteiger partial charge in [0.1, 0.15) is 10.1 Å². The van der Waals surface area contributed by atoms with Crippen LogP contribution in [-0.4, -0.2) is 51.7 Å². The zero-order valence-electron chi connectivity index (χ0n) is 18.1. The lowest BCUT2D eigenvalue weighted by Crippen LogP contribution is -2.41. The van der Waals surface area contributed by atoms with Crippen LogP contribution < -0.4 is 10.9 Å². The first-order valence-electron chi connectivity index (χ1n) is 10.1. The van der Waals surface area contributed by atoms with Crippen molar-refractivity contribution in [2.75, 3.05) is 13.7 Å². The lowest BCUT2D eigenvalue weighted by atomic mass is 10.1. The van der Waals surface area contributed by atoms with Gasteiger partial charge < -0.3 is 9.84 Å². The van der Waals surface area contributed by atoms with Crippen molar-refractivity contribution in [3.8, 4) is 5.75 Å². The molecule has 0 spiro atoms. The predicted molar refractivity (Wildman–Crippen MR) is 131 cm³/mol. The summed E-state index contributed by atoms with van der Waals surface area (Å²) in [6, 6.07) is 12.2. The Balaban J connectivity index is 1.47. The minimum absolute atomic E-state index is 0.0302. The number of hydrogen-bond donors (Lipinski definition) is 3. The van der Waals surface area contributed by atoms with Gasteiger partial charge in [0.15, 0.2) is 0 Å². The molecule has 176 valence electrons. The summed E-state index contributed by atoms with van der Waals surface area (Å²) in [4.78, 5) is 50.1. The molecular formula is C23H21N3O6S2. The first kappa shape index (κ1) is 24.9. The Hall–Kier alpha value is -3.70. The zero-order chi connectivity index (χ0) is 24.7. The number of rotatable bonds is 7. The first-order valence-corrected chi connectivity index (χ1v) is 11.3. The van der Waals surface area contributed by atoms with Gasteiger partial charge in [-0.25, -0.2) is 4.79 Å². The summed E-state index contributed by atoms with van der Waals surface area (Å²) in [6.45, 7) is 0.253. The fraction of sp³-hybridized carbons (Fsp3) is 0.174. The van der Waals surface area contributed by atoms with E-state index in [-0.39, 0.29) is 30.2 Å². The quantitative estimate of drug-likeness (QED) is 0.230. The van der Waals surface area contributed by atoms with Gasteiger partial charge in [0.05, 0.1) is 17.6 Å². The van der Waals surface area contributed by atoms with Crippen molar-refractivity contribution in [3.05, 3.63) is 70.1 Å². The Morgan fingerprint density at radius 1 is 1.06 bits per heavy atom. The van der Waals surface area contributed by atoms with E-state index in [1.54, 1.807) is 30.3 Å². The molecule has 3 amide bonds. The number of ether oxygens (including phenoxy) is 1. The molecule has 0 atom stereocenters. The average molecular weight is 500 g/mol. The van der Waals surface area contributed by atoms with E-state index in [0.717, 1.165) is 5.56 Å².